The summed E-state index contributed by atoms with van der Waals surface area (Å²) < 4.78 is 5.74. The number of benzene rings is 1. The lowest BCUT2D eigenvalue weighted by molar-refractivity contribution is -0.132. The molecule has 1 aromatic carbocycles. The number of carbonyl (C=O) groups is 2. The molecule has 1 heterocycles. The standard InChI is InChI=1S/C21H30N2O4/c1-13-10-15(20(2,3)4)8-9-17(13)27-12-16(24)11-23-18(25)21(5,14-6-7-14)22-19(23)26/h8-10,14,16,24H,6-7,11-12H2,1-5H3,(H,22,26)/t16-,21+/m1/s1. The zero-order chi connectivity index (χ0) is 20.0. The number of aryl methyl sites for hydroxylation is 1. The summed E-state index contributed by atoms with van der Waals surface area (Å²) in [5.41, 5.74) is 1.44. The van der Waals surface area contributed by atoms with Gasteiger partial charge in [0.05, 0.1) is 6.54 Å². The predicted molar refractivity (Wildman–Crippen MR) is 103 cm³/mol. The summed E-state index contributed by atoms with van der Waals surface area (Å²) >= 11 is 0. The zero-order valence-electron chi connectivity index (χ0n) is 16.8. The number of β-amino-alcohol motifs (C(OH)–C–C–N with tert-alkyl or cyclic N) is 1. The second-order valence-electron chi connectivity index (χ2n) is 9.02. The number of rotatable bonds is 6. The average molecular weight is 374 g/mol. The van der Waals surface area contributed by atoms with Crippen molar-refractivity contribution in [2.45, 2.75) is 64.5 Å². The van der Waals surface area contributed by atoms with Crippen molar-refractivity contribution in [2.75, 3.05) is 13.2 Å². The molecular formula is C21H30N2O4. The van der Waals surface area contributed by atoms with Crippen LogP contribution in [-0.2, 0) is 10.2 Å². The van der Waals surface area contributed by atoms with Gasteiger partial charge in [-0.15, -0.1) is 0 Å². The van der Waals surface area contributed by atoms with E-state index in [1.165, 1.54) is 5.56 Å². The third kappa shape index (κ3) is 3.95. The van der Waals surface area contributed by atoms with Gasteiger partial charge in [0.15, 0.2) is 0 Å². The summed E-state index contributed by atoms with van der Waals surface area (Å²) in [7, 11) is 0. The van der Waals surface area contributed by atoms with Crippen LogP contribution in [0.5, 0.6) is 5.75 Å². The van der Waals surface area contributed by atoms with Crippen LogP contribution in [0.15, 0.2) is 18.2 Å². The van der Waals surface area contributed by atoms with Gasteiger partial charge in [0, 0.05) is 0 Å². The quantitative estimate of drug-likeness (QED) is 0.751. The highest BCUT2D eigenvalue weighted by atomic mass is 16.5. The normalized spacial score (nSPS) is 24.1. The van der Waals surface area contributed by atoms with Gasteiger partial charge < -0.3 is 15.2 Å². The summed E-state index contributed by atoms with van der Waals surface area (Å²) in [4.78, 5) is 25.9. The van der Waals surface area contributed by atoms with Crippen LogP contribution in [0, 0.1) is 12.8 Å². The van der Waals surface area contributed by atoms with Gasteiger partial charge in [-0.25, -0.2) is 4.79 Å². The molecule has 2 atom stereocenters. The van der Waals surface area contributed by atoms with Gasteiger partial charge in [-0.05, 0) is 55.2 Å². The number of aliphatic hydroxyl groups excluding tert-OH is 1. The highest BCUT2D eigenvalue weighted by molar-refractivity contribution is 6.07. The first-order chi connectivity index (χ1) is 12.5. The van der Waals surface area contributed by atoms with E-state index >= 15 is 0 Å². The van der Waals surface area contributed by atoms with Gasteiger partial charge >= 0.3 is 6.03 Å². The highest BCUT2D eigenvalue weighted by Gasteiger charge is 2.56. The Morgan fingerprint density at radius 1 is 1.33 bits per heavy atom. The molecule has 1 aliphatic carbocycles. The van der Waals surface area contributed by atoms with Gasteiger partial charge in [0.2, 0.25) is 0 Å². The molecule has 1 aliphatic heterocycles. The molecule has 0 spiro atoms. The van der Waals surface area contributed by atoms with Crippen molar-refractivity contribution in [3.8, 4) is 5.75 Å². The average Bonchev–Trinajstić information content (AvgIpc) is 3.39. The van der Waals surface area contributed by atoms with E-state index < -0.39 is 17.7 Å². The molecule has 0 aromatic heterocycles. The van der Waals surface area contributed by atoms with Crippen LogP contribution in [0.3, 0.4) is 0 Å². The van der Waals surface area contributed by atoms with E-state index in [9.17, 15) is 14.7 Å². The summed E-state index contributed by atoms with van der Waals surface area (Å²) in [5.74, 6) is 0.651. The maximum atomic E-state index is 12.6. The lowest BCUT2D eigenvalue weighted by atomic mass is 9.86. The third-order valence-electron chi connectivity index (χ3n) is 5.56. The molecular weight excluding hydrogens is 344 g/mol. The topological polar surface area (TPSA) is 78.9 Å². The molecule has 27 heavy (non-hydrogen) atoms. The number of hydrogen-bond donors (Lipinski definition) is 2. The Labute approximate surface area is 160 Å². The van der Waals surface area contributed by atoms with Crippen molar-refractivity contribution in [1.82, 2.24) is 10.2 Å². The number of carbonyl (C=O) groups excluding carboxylic acids is 2. The Hall–Kier alpha value is -2.08. The first kappa shape index (κ1) is 19.7. The Bertz CT molecular complexity index is 751. The predicted octanol–water partition coefficient (Wildman–Crippen LogP) is 2.75. The van der Waals surface area contributed by atoms with Crippen LogP contribution in [0.25, 0.3) is 0 Å². The number of nitrogens with one attached hydrogen (secondary N) is 1. The molecule has 2 aliphatic rings. The largest absolute Gasteiger partial charge is 0.491 e. The molecule has 1 saturated carbocycles. The number of amides is 3. The van der Waals surface area contributed by atoms with Gasteiger partial charge in [-0.1, -0.05) is 32.9 Å². The minimum absolute atomic E-state index is 0.0207. The second kappa shape index (κ2) is 6.82. The van der Waals surface area contributed by atoms with Crippen molar-refractivity contribution in [1.29, 1.82) is 0 Å². The third-order valence-corrected chi connectivity index (χ3v) is 5.56. The SMILES string of the molecule is Cc1cc(C(C)(C)C)ccc1OC[C@H](O)CN1C(=O)N[C@@](C)(C2CC2)C1=O. The Kier molecular flexibility index (Phi) is 4.97. The van der Waals surface area contributed by atoms with Crippen molar-refractivity contribution in [3.63, 3.8) is 0 Å². The van der Waals surface area contributed by atoms with E-state index in [4.69, 9.17) is 4.74 Å². The molecule has 0 unspecified atom stereocenters. The molecule has 1 aromatic rings. The molecule has 6 heteroatoms. The van der Waals surface area contributed by atoms with Crippen molar-refractivity contribution >= 4 is 11.9 Å². The fraction of sp³-hybridized carbons (Fsp3) is 0.619. The Morgan fingerprint density at radius 3 is 2.56 bits per heavy atom. The molecule has 1 saturated heterocycles. The van der Waals surface area contributed by atoms with Crippen LogP contribution < -0.4 is 10.1 Å². The van der Waals surface area contributed by atoms with E-state index in [1.54, 1.807) is 6.92 Å². The summed E-state index contributed by atoms with van der Waals surface area (Å²) in [6.07, 6.45) is 0.959. The number of imide groups is 1. The first-order valence-electron chi connectivity index (χ1n) is 9.58. The van der Waals surface area contributed by atoms with Crippen LogP contribution in [0.2, 0.25) is 0 Å². The molecule has 0 radical (unpaired) electrons. The zero-order valence-corrected chi connectivity index (χ0v) is 16.8. The minimum atomic E-state index is -0.942. The molecule has 3 rings (SSSR count). The molecule has 2 fully saturated rings. The fourth-order valence-corrected chi connectivity index (χ4v) is 3.55. The Morgan fingerprint density at radius 2 is 2.00 bits per heavy atom. The lowest BCUT2D eigenvalue weighted by Gasteiger charge is -2.23. The van der Waals surface area contributed by atoms with E-state index in [0.29, 0.717) is 5.75 Å². The highest BCUT2D eigenvalue weighted by Crippen LogP contribution is 2.42. The summed E-state index contributed by atoms with van der Waals surface area (Å²) in [5, 5.41) is 13.1. The Balaban J connectivity index is 1.58. The maximum Gasteiger partial charge on any atom is 0.325 e. The number of aliphatic hydroxyl groups is 1. The minimum Gasteiger partial charge on any atom is -0.491 e. The van der Waals surface area contributed by atoms with Gasteiger partial charge in [0.1, 0.15) is 24.0 Å². The molecule has 0 bridgehead atoms. The van der Waals surface area contributed by atoms with E-state index in [1.807, 2.05) is 19.1 Å². The molecule has 6 nitrogen and oxygen atoms in total. The number of hydrogen-bond acceptors (Lipinski definition) is 4. The molecule has 3 amide bonds. The fourth-order valence-electron chi connectivity index (χ4n) is 3.55. The monoisotopic (exact) mass is 374 g/mol. The number of nitrogens with zero attached hydrogens (tertiary/aromatic N) is 1. The number of urea groups is 1. The summed E-state index contributed by atoms with van der Waals surface area (Å²) in [6.45, 7) is 10.2. The van der Waals surface area contributed by atoms with Crippen LogP contribution in [0.1, 0.15) is 51.7 Å². The van der Waals surface area contributed by atoms with Gasteiger partial charge in [-0.2, -0.15) is 0 Å². The first-order valence-corrected chi connectivity index (χ1v) is 9.58. The van der Waals surface area contributed by atoms with Crippen molar-refractivity contribution < 1.29 is 19.4 Å². The maximum absolute atomic E-state index is 12.6. The molecule has 148 valence electrons. The van der Waals surface area contributed by atoms with E-state index in [0.717, 1.165) is 23.3 Å². The van der Waals surface area contributed by atoms with Crippen LogP contribution >= 0.6 is 0 Å². The van der Waals surface area contributed by atoms with Crippen LogP contribution in [-0.4, -0.2) is 46.7 Å². The molecule has 2 N–H and O–H groups in total. The second-order valence-corrected chi connectivity index (χ2v) is 9.02. The summed E-state index contributed by atoms with van der Waals surface area (Å²) in [6, 6.07) is 5.58. The van der Waals surface area contributed by atoms with Crippen molar-refractivity contribution in [2.24, 2.45) is 5.92 Å². The number of ether oxygens (including phenoxy) is 1. The van der Waals surface area contributed by atoms with Crippen LogP contribution in [0.4, 0.5) is 4.79 Å². The van der Waals surface area contributed by atoms with Crippen molar-refractivity contribution in [3.05, 3.63) is 29.3 Å². The van der Waals surface area contributed by atoms with E-state index in [2.05, 4.69) is 32.2 Å². The lowest BCUT2D eigenvalue weighted by Crippen LogP contribution is -2.46. The van der Waals surface area contributed by atoms with Gasteiger partial charge in [-0.3, -0.25) is 9.69 Å². The van der Waals surface area contributed by atoms with E-state index in [-0.39, 0.29) is 30.4 Å². The smallest absolute Gasteiger partial charge is 0.325 e. The van der Waals surface area contributed by atoms with Gasteiger partial charge in [0.25, 0.3) is 5.91 Å².